The Morgan fingerprint density at radius 1 is 1.42 bits per heavy atom. The Kier molecular flexibility index (Phi) is 3.38. The van der Waals surface area contributed by atoms with Gasteiger partial charge in [0.15, 0.2) is 0 Å². The van der Waals surface area contributed by atoms with Crippen molar-refractivity contribution in [1.29, 1.82) is 0 Å². The number of carbonyl (C=O) groups excluding carboxylic acids is 3. The molecule has 1 aromatic rings. The lowest BCUT2D eigenvalue weighted by atomic mass is 10.1. The van der Waals surface area contributed by atoms with E-state index in [4.69, 9.17) is 11.5 Å². The van der Waals surface area contributed by atoms with Crippen molar-refractivity contribution in [2.45, 2.75) is 6.04 Å². The second-order valence-corrected chi connectivity index (χ2v) is 4.89. The van der Waals surface area contributed by atoms with E-state index in [1.807, 2.05) is 0 Å². The van der Waals surface area contributed by atoms with Crippen LogP contribution in [0, 0.1) is 5.82 Å². The fraction of sp³-hybridized carbons (Fsp3) is 0.182. The van der Waals surface area contributed by atoms with Gasteiger partial charge in [0.2, 0.25) is 5.91 Å². The molecule has 1 atom stereocenters. The van der Waals surface area contributed by atoms with Gasteiger partial charge >= 0.3 is 0 Å². The molecule has 1 unspecified atom stereocenters. The maximum Gasteiger partial charge on any atom is 0.299 e. The quantitative estimate of drug-likeness (QED) is 0.757. The molecule has 0 radical (unpaired) electrons. The first-order chi connectivity index (χ1) is 8.82. The number of carbonyl (C=O) groups is 3. The highest BCUT2D eigenvalue weighted by molar-refractivity contribution is 9.10. The van der Waals surface area contributed by atoms with Gasteiger partial charge in [-0.3, -0.25) is 14.4 Å². The molecule has 1 aliphatic rings. The van der Waals surface area contributed by atoms with E-state index >= 15 is 0 Å². The maximum atomic E-state index is 13.5. The predicted octanol–water partition coefficient (Wildman–Crippen LogP) is -0.0699. The Balaban J connectivity index is 2.44. The van der Waals surface area contributed by atoms with Crippen molar-refractivity contribution in [3.8, 4) is 0 Å². The van der Waals surface area contributed by atoms with Crippen LogP contribution in [-0.4, -0.2) is 30.2 Å². The number of rotatable bonds is 3. The predicted molar refractivity (Wildman–Crippen MR) is 68.0 cm³/mol. The number of anilines is 1. The molecule has 2 rings (SSSR count). The maximum absolute atomic E-state index is 13.5. The molecule has 0 bridgehead atoms. The van der Waals surface area contributed by atoms with Crippen molar-refractivity contribution >= 4 is 39.2 Å². The summed E-state index contributed by atoms with van der Waals surface area (Å²) in [4.78, 5) is 35.4. The van der Waals surface area contributed by atoms with E-state index < -0.39 is 29.5 Å². The van der Waals surface area contributed by atoms with Gasteiger partial charge in [-0.2, -0.15) is 0 Å². The molecule has 100 valence electrons. The lowest BCUT2D eigenvalue weighted by Crippen LogP contribution is -2.47. The molecule has 0 aromatic heterocycles. The van der Waals surface area contributed by atoms with Crippen LogP contribution >= 0.6 is 15.9 Å². The number of nitrogens with zero attached hydrogens (tertiary/aromatic N) is 1. The summed E-state index contributed by atoms with van der Waals surface area (Å²) in [6, 6.07) is 1.13. The molecule has 1 aliphatic heterocycles. The second-order valence-electron chi connectivity index (χ2n) is 4.04. The molecule has 0 spiro atoms. The van der Waals surface area contributed by atoms with Crippen LogP contribution in [0.5, 0.6) is 0 Å². The summed E-state index contributed by atoms with van der Waals surface area (Å²) in [6.45, 7) is -0.270. The highest BCUT2D eigenvalue weighted by Gasteiger charge is 2.37. The average molecular weight is 330 g/mol. The molecular weight excluding hydrogens is 321 g/mol. The van der Waals surface area contributed by atoms with Crippen molar-refractivity contribution in [1.82, 2.24) is 0 Å². The van der Waals surface area contributed by atoms with Crippen LogP contribution in [0.1, 0.15) is 10.4 Å². The van der Waals surface area contributed by atoms with Gasteiger partial charge in [0, 0.05) is 0 Å². The van der Waals surface area contributed by atoms with E-state index in [-0.39, 0.29) is 22.3 Å². The van der Waals surface area contributed by atoms with Gasteiger partial charge in [-0.1, -0.05) is 0 Å². The third kappa shape index (κ3) is 2.24. The number of hydrogen-bond donors (Lipinski definition) is 2. The van der Waals surface area contributed by atoms with Crippen LogP contribution in [0.4, 0.5) is 10.1 Å². The van der Waals surface area contributed by atoms with Gasteiger partial charge in [0.1, 0.15) is 11.9 Å². The van der Waals surface area contributed by atoms with Gasteiger partial charge in [-0.25, -0.2) is 4.39 Å². The summed E-state index contributed by atoms with van der Waals surface area (Å²) in [5.74, 6) is -3.07. The Bertz CT molecular complexity index is 605. The minimum atomic E-state index is -1.13. The molecular formula is C11H9BrFN3O3. The van der Waals surface area contributed by atoms with Gasteiger partial charge in [0.05, 0.1) is 22.3 Å². The van der Waals surface area contributed by atoms with E-state index in [0.29, 0.717) is 0 Å². The smallest absolute Gasteiger partial charge is 0.299 e. The van der Waals surface area contributed by atoms with Crippen molar-refractivity contribution in [3.63, 3.8) is 0 Å². The molecule has 4 N–H and O–H groups in total. The normalized spacial score (nSPS) is 15.6. The summed E-state index contributed by atoms with van der Waals surface area (Å²) in [5.41, 5.74) is 10.6. The molecule has 0 fully saturated rings. The number of benzene rings is 1. The third-order valence-electron chi connectivity index (χ3n) is 2.76. The molecule has 6 nitrogen and oxygen atoms in total. The molecule has 19 heavy (non-hydrogen) atoms. The summed E-state index contributed by atoms with van der Waals surface area (Å²) < 4.78 is 13.6. The molecule has 0 saturated carbocycles. The minimum absolute atomic E-state index is 0.0648. The summed E-state index contributed by atoms with van der Waals surface area (Å²) in [5, 5.41) is 0. The van der Waals surface area contributed by atoms with Gasteiger partial charge in [0.25, 0.3) is 11.7 Å². The van der Waals surface area contributed by atoms with Crippen LogP contribution in [0.25, 0.3) is 0 Å². The lowest BCUT2D eigenvalue weighted by Gasteiger charge is -2.19. The Morgan fingerprint density at radius 3 is 2.63 bits per heavy atom. The van der Waals surface area contributed by atoms with Gasteiger partial charge < -0.3 is 16.4 Å². The Labute approximate surface area is 115 Å². The number of Topliss-reactive ketones (excluding diaryl/α,β-unsaturated/α-hetero) is 1. The summed E-state index contributed by atoms with van der Waals surface area (Å²) >= 11 is 2.93. The second kappa shape index (κ2) is 4.71. The largest absolute Gasteiger partial charge is 0.368 e. The SMILES string of the molecule is NC(=O)C(N)CN1C(=O)C(=O)c2cc(Br)c(F)cc21. The monoisotopic (exact) mass is 329 g/mol. The Morgan fingerprint density at radius 2 is 2.05 bits per heavy atom. The first kappa shape index (κ1) is 13.6. The number of nitrogens with two attached hydrogens (primary N) is 2. The van der Waals surface area contributed by atoms with E-state index in [2.05, 4.69) is 15.9 Å². The fourth-order valence-electron chi connectivity index (χ4n) is 1.76. The van der Waals surface area contributed by atoms with Crippen LogP contribution in [-0.2, 0) is 9.59 Å². The van der Waals surface area contributed by atoms with Crippen molar-refractivity contribution < 1.29 is 18.8 Å². The first-order valence-electron chi connectivity index (χ1n) is 5.23. The van der Waals surface area contributed by atoms with Crippen molar-refractivity contribution in [3.05, 3.63) is 28.0 Å². The molecule has 1 heterocycles. The van der Waals surface area contributed by atoms with E-state index in [1.165, 1.54) is 6.07 Å². The van der Waals surface area contributed by atoms with E-state index in [0.717, 1.165) is 11.0 Å². The standard InChI is InChI=1S/C11H9BrFN3O3/c12-5-1-4-8(2-6(5)13)16(11(19)9(4)17)3-7(14)10(15)18/h1-2,7H,3,14H2,(H2,15,18). The number of amides is 2. The zero-order chi connectivity index (χ0) is 14.3. The number of hydrogen-bond acceptors (Lipinski definition) is 4. The average Bonchev–Trinajstić information content (AvgIpc) is 2.56. The highest BCUT2D eigenvalue weighted by Crippen LogP contribution is 2.33. The van der Waals surface area contributed by atoms with Crippen molar-refractivity contribution in [2.24, 2.45) is 11.5 Å². The van der Waals surface area contributed by atoms with E-state index in [9.17, 15) is 18.8 Å². The zero-order valence-corrected chi connectivity index (χ0v) is 11.1. The number of primary amides is 1. The molecule has 0 saturated heterocycles. The van der Waals surface area contributed by atoms with E-state index in [1.54, 1.807) is 0 Å². The van der Waals surface area contributed by atoms with Crippen molar-refractivity contribution in [2.75, 3.05) is 11.4 Å². The van der Waals surface area contributed by atoms with Gasteiger partial charge in [-0.15, -0.1) is 0 Å². The number of fused-ring (bicyclic) bond motifs is 1. The zero-order valence-electron chi connectivity index (χ0n) is 9.52. The topological polar surface area (TPSA) is 106 Å². The molecule has 8 heteroatoms. The highest BCUT2D eigenvalue weighted by atomic mass is 79.9. The molecule has 2 amide bonds. The summed E-state index contributed by atoms with van der Waals surface area (Å²) in [7, 11) is 0. The Hall–Kier alpha value is -1.80. The lowest BCUT2D eigenvalue weighted by molar-refractivity contribution is -0.119. The van der Waals surface area contributed by atoms with Crippen LogP contribution < -0.4 is 16.4 Å². The molecule has 1 aromatic carbocycles. The first-order valence-corrected chi connectivity index (χ1v) is 6.02. The van der Waals surface area contributed by atoms with Crippen LogP contribution in [0.15, 0.2) is 16.6 Å². The molecule has 0 aliphatic carbocycles. The fourth-order valence-corrected chi connectivity index (χ4v) is 2.10. The van der Waals surface area contributed by atoms with Crippen LogP contribution in [0.2, 0.25) is 0 Å². The summed E-state index contributed by atoms with van der Waals surface area (Å²) in [6.07, 6.45) is 0. The number of halogens is 2. The number of ketones is 1. The van der Waals surface area contributed by atoms with Crippen LogP contribution in [0.3, 0.4) is 0 Å². The van der Waals surface area contributed by atoms with Gasteiger partial charge in [-0.05, 0) is 28.1 Å². The minimum Gasteiger partial charge on any atom is -0.368 e. The third-order valence-corrected chi connectivity index (χ3v) is 3.37.